The number of nitrogens with zero attached hydrogens (tertiary/aromatic N) is 2. The first-order valence-electron chi connectivity index (χ1n) is 7.89. The summed E-state index contributed by atoms with van der Waals surface area (Å²) in [5.41, 5.74) is 8.49. The Hall–Kier alpha value is -2.69. The van der Waals surface area contributed by atoms with E-state index in [-0.39, 0.29) is 10.7 Å². The normalized spacial score (nSPS) is 11.2. The number of thiophene rings is 1. The Kier molecular flexibility index (Phi) is 5.07. The maximum atomic E-state index is 12.2. The van der Waals surface area contributed by atoms with E-state index < -0.39 is 15.1 Å². The fourth-order valence-corrected chi connectivity index (χ4v) is 3.83. The van der Waals surface area contributed by atoms with Crippen molar-refractivity contribution in [1.29, 1.82) is 0 Å². The molecule has 26 heavy (non-hydrogen) atoms. The van der Waals surface area contributed by atoms with Crippen LogP contribution < -0.4 is 5.73 Å². The van der Waals surface area contributed by atoms with Gasteiger partial charge < -0.3 is 5.73 Å². The van der Waals surface area contributed by atoms with Gasteiger partial charge in [0.1, 0.15) is 0 Å². The second-order valence-electron chi connectivity index (χ2n) is 5.87. The standard InChI is InChI=1S/C19H17N3O2S2/c1-13(2)26(23,24)16-6-4-15(5-7-16)18-11-21-19(20)17(22-18)8-3-14-9-10-25-12-14/h4-7,9-13H,1-2H3,(H2,20,21). The van der Waals surface area contributed by atoms with Crippen molar-refractivity contribution in [1.82, 2.24) is 9.97 Å². The van der Waals surface area contributed by atoms with Gasteiger partial charge in [-0.3, -0.25) is 0 Å². The van der Waals surface area contributed by atoms with Gasteiger partial charge in [0.05, 0.1) is 22.0 Å². The fraction of sp³-hybridized carbons (Fsp3) is 0.158. The molecular weight excluding hydrogens is 366 g/mol. The second-order valence-corrected chi connectivity index (χ2v) is 9.15. The Balaban J connectivity index is 1.94. The molecule has 0 fully saturated rings. The van der Waals surface area contributed by atoms with Gasteiger partial charge >= 0.3 is 0 Å². The first kappa shape index (κ1) is 18.1. The molecule has 0 bridgehead atoms. The topological polar surface area (TPSA) is 85.9 Å². The lowest BCUT2D eigenvalue weighted by Crippen LogP contribution is -2.13. The molecule has 0 aliphatic heterocycles. The van der Waals surface area contributed by atoms with E-state index in [4.69, 9.17) is 5.73 Å². The van der Waals surface area contributed by atoms with Crippen molar-refractivity contribution in [3.05, 3.63) is 58.5 Å². The number of nitrogen functional groups attached to an aromatic ring is 1. The van der Waals surface area contributed by atoms with Gasteiger partial charge in [-0.1, -0.05) is 18.1 Å². The highest BCUT2D eigenvalue weighted by atomic mass is 32.2. The van der Waals surface area contributed by atoms with Crippen molar-refractivity contribution in [2.24, 2.45) is 0 Å². The highest BCUT2D eigenvalue weighted by molar-refractivity contribution is 7.92. The second kappa shape index (κ2) is 7.28. The number of hydrogen-bond acceptors (Lipinski definition) is 6. The number of hydrogen-bond donors (Lipinski definition) is 1. The van der Waals surface area contributed by atoms with Crippen LogP contribution in [0.15, 0.2) is 52.2 Å². The Morgan fingerprint density at radius 2 is 1.85 bits per heavy atom. The quantitative estimate of drug-likeness (QED) is 0.701. The van der Waals surface area contributed by atoms with Crippen LogP contribution in [-0.2, 0) is 9.84 Å². The molecule has 7 heteroatoms. The van der Waals surface area contributed by atoms with Crippen molar-refractivity contribution < 1.29 is 8.42 Å². The molecule has 0 atom stereocenters. The zero-order valence-electron chi connectivity index (χ0n) is 14.3. The lowest BCUT2D eigenvalue weighted by Gasteiger charge is -2.08. The van der Waals surface area contributed by atoms with Crippen molar-refractivity contribution in [3.8, 4) is 23.1 Å². The lowest BCUT2D eigenvalue weighted by atomic mass is 10.1. The first-order valence-corrected chi connectivity index (χ1v) is 10.4. The molecular formula is C19H17N3O2S2. The molecule has 3 rings (SSSR count). The van der Waals surface area contributed by atoms with Crippen LogP contribution in [0.5, 0.6) is 0 Å². The van der Waals surface area contributed by atoms with Crippen LogP contribution in [0, 0.1) is 11.8 Å². The summed E-state index contributed by atoms with van der Waals surface area (Å²) in [6, 6.07) is 8.51. The zero-order chi connectivity index (χ0) is 18.7. The average Bonchev–Trinajstić information content (AvgIpc) is 3.14. The summed E-state index contributed by atoms with van der Waals surface area (Å²) in [4.78, 5) is 8.90. The summed E-state index contributed by atoms with van der Waals surface area (Å²) in [6.07, 6.45) is 1.55. The summed E-state index contributed by atoms with van der Waals surface area (Å²) in [5.74, 6) is 6.20. The summed E-state index contributed by atoms with van der Waals surface area (Å²) < 4.78 is 24.4. The maximum Gasteiger partial charge on any atom is 0.180 e. The third-order valence-corrected chi connectivity index (χ3v) is 6.60. The third kappa shape index (κ3) is 3.77. The minimum absolute atomic E-state index is 0.260. The summed E-state index contributed by atoms with van der Waals surface area (Å²) in [6.45, 7) is 3.32. The number of sulfone groups is 1. The molecule has 2 heterocycles. The van der Waals surface area contributed by atoms with Crippen molar-refractivity contribution in [2.45, 2.75) is 24.0 Å². The third-order valence-electron chi connectivity index (χ3n) is 3.75. The van der Waals surface area contributed by atoms with Crippen molar-refractivity contribution in [2.75, 3.05) is 5.73 Å². The number of aromatic nitrogens is 2. The SMILES string of the molecule is CC(C)S(=O)(=O)c1ccc(-c2cnc(N)c(C#Cc3ccsc3)n2)cc1. The van der Waals surface area contributed by atoms with Crippen LogP contribution in [0.25, 0.3) is 11.3 Å². The van der Waals surface area contributed by atoms with Gasteiger partial charge in [-0.2, -0.15) is 11.3 Å². The maximum absolute atomic E-state index is 12.2. The Labute approximate surface area is 156 Å². The van der Waals surface area contributed by atoms with E-state index in [1.54, 1.807) is 55.6 Å². The van der Waals surface area contributed by atoms with Gasteiger partial charge in [-0.25, -0.2) is 18.4 Å². The van der Waals surface area contributed by atoms with E-state index in [1.165, 1.54) is 0 Å². The van der Waals surface area contributed by atoms with E-state index in [0.29, 0.717) is 11.4 Å². The van der Waals surface area contributed by atoms with Crippen LogP contribution in [0.1, 0.15) is 25.1 Å². The number of anilines is 1. The predicted octanol–water partition coefficient (Wildman–Crippen LogP) is 3.37. The highest BCUT2D eigenvalue weighted by Gasteiger charge is 2.19. The van der Waals surface area contributed by atoms with E-state index in [9.17, 15) is 8.42 Å². The van der Waals surface area contributed by atoms with Gasteiger partial charge in [-0.05, 0) is 43.3 Å². The van der Waals surface area contributed by atoms with E-state index >= 15 is 0 Å². The molecule has 0 amide bonds. The summed E-state index contributed by atoms with van der Waals surface area (Å²) >= 11 is 1.57. The number of benzene rings is 1. The van der Waals surface area contributed by atoms with Gasteiger partial charge in [0, 0.05) is 16.5 Å². The molecule has 0 radical (unpaired) electrons. The monoisotopic (exact) mass is 383 g/mol. The summed E-state index contributed by atoms with van der Waals surface area (Å²) in [5, 5.41) is 3.42. The molecule has 0 saturated heterocycles. The fourth-order valence-electron chi connectivity index (χ4n) is 2.18. The van der Waals surface area contributed by atoms with Gasteiger partial charge in [0.25, 0.3) is 0 Å². The Morgan fingerprint density at radius 3 is 2.46 bits per heavy atom. The predicted molar refractivity (Wildman–Crippen MR) is 105 cm³/mol. The highest BCUT2D eigenvalue weighted by Crippen LogP contribution is 2.22. The molecule has 2 aromatic heterocycles. The van der Waals surface area contributed by atoms with E-state index in [0.717, 1.165) is 11.1 Å². The van der Waals surface area contributed by atoms with Crippen LogP contribution in [-0.4, -0.2) is 23.6 Å². The molecule has 3 aromatic rings. The number of nitrogens with two attached hydrogens (primary N) is 1. The molecule has 0 saturated carbocycles. The van der Waals surface area contributed by atoms with Gasteiger partial charge in [-0.15, -0.1) is 0 Å². The molecule has 2 N–H and O–H groups in total. The first-order chi connectivity index (χ1) is 12.4. The Bertz CT molecular complexity index is 1080. The molecule has 132 valence electrons. The smallest absolute Gasteiger partial charge is 0.180 e. The largest absolute Gasteiger partial charge is 0.381 e. The van der Waals surface area contributed by atoms with Crippen molar-refractivity contribution in [3.63, 3.8) is 0 Å². The molecule has 0 aliphatic carbocycles. The molecule has 1 aromatic carbocycles. The average molecular weight is 383 g/mol. The Morgan fingerprint density at radius 1 is 1.12 bits per heavy atom. The van der Waals surface area contributed by atoms with Crippen LogP contribution in [0.2, 0.25) is 0 Å². The van der Waals surface area contributed by atoms with Crippen LogP contribution in [0.4, 0.5) is 5.82 Å². The molecule has 0 unspecified atom stereocenters. The summed E-state index contributed by atoms with van der Waals surface area (Å²) in [7, 11) is -3.30. The van der Waals surface area contributed by atoms with Gasteiger partial charge in [0.2, 0.25) is 0 Å². The lowest BCUT2D eigenvalue weighted by molar-refractivity contribution is 0.587. The molecule has 0 spiro atoms. The van der Waals surface area contributed by atoms with E-state index in [2.05, 4.69) is 21.8 Å². The molecule has 5 nitrogen and oxygen atoms in total. The number of rotatable bonds is 3. The minimum Gasteiger partial charge on any atom is -0.381 e. The van der Waals surface area contributed by atoms with E-state index in [1.807, 2.05) is 16.8 Å². The van der Waals surface area contributed by atoms with Crippen molar-refractivity contribution >= 4 is 27.0 Å². The minimum atomic E-state index is -3.30. The molecule has 0 aliphatic rings. The zero-order valence-corrected chi connectivity index (χ0v) is 15.9. The van der Waals surface area contributed by atoms with Crippen LogP contribution in [0.3, 0.4) is 0 Å². The van der Waals surface area contributed by atoms with Crippen LogP contribution >= 0.6 is 11.3 Å². The van der Waals surface area contributed by atoms with Gasteiger partial charge in [0.15, 0.2) is 21.3 Å².